The lowest BCUT2D eigenvalue weighted by atomic mass is 10.1. The molecular formula is C13H13F2N3. The van der Waals surface area contributed by atoms with Crippen molar-refractivity contribution >= 4 is 5.82 Å². The molecule has 0 aromatic carbocycles. The third-order valence-electron chi connectivity index (χ3n) is 4.18. The fraction of sp³-hybridized carbons (Fsp3) is 0.538. The van der Waals surface area contributed by atoms with Crippen LogP contribution in [0.3, 0.4) is 0 Å². The molecule has 0 amide bonds. The van der Waals surface area contributed by atoms with E-state index >= 15 is 0 Å². The van der Waals surface area contributed by atoms with Gasteiger partial charge in [0.25, 0.3) is 5.92 Å². The summed E-state index contributed by atoms with van der Waals surface area (Å²) in [5, 5.41) is 9.20. The monoisotopic (exact) mass is 249 g/mol. The van der Waals surface area contributed by atoms with Crippen molar-refractivity contribution in [1.82, 2.24) is 4.98 Å². The van der Waals surface area contributed by atoms with E-state index in [1.165, 1.54) is 0 Å². The highest BCUT2D eigenvalue weighted by Gasteiger charge is 2.71. The average Bonchev–Trinajstić information content (AvgIpc) is 2.72. The van der Waals surface area contributed by atoms with E-state index in [4.69, 9.17) is 0 Å². The van der Waals surface area contributed by atoms with Crippen LogP contribution in [-0.2, 0) is 0 Å². The van der Waals surface area contributed by atoms with Gasteiger partial charge in [-0.3, -0.25) is 0 Å². The van der Waals surface area contributed by atoms with Crippen LogP contribution in [0.25, 0.3) is 0 Å². The molecule has 0 bridgehead atoms. The molecule has 2 unspecified atom stereocenters. The second-order valence-electron chi connectivity index (χ2n) is 5.17. The van der Waals surface area contributed by atoms with E-state index in [0.29, 0.717) is 24.5 Å². The summed E-state index contributed by atoms with van der Waals surface area (Å²) in [6.07, 6.45) is 1.70. The minimum absolute atomic E-state index is 0.307. The van der Waals surface area contributed by atoms with Crippen molar-refractivity contribution in [1.29, 1.82) is 5.26 Å². The van der Waals surface area contributed by atoms with Gasteiger partial charge < -0.3 is 4.90 Å². The lowest BCUT2D eigenvalue weighted by Gasteiger charge is -2.22. The SMILES string of the molecule is Cc1cnc(N2CC3C(C2)C3(F)F)c(C#N)c1C. The van der Waals surface area contributed by atoms with Crippen LogP contribution in [0.4, 0.5) is 14.6 Å². The van der Waals surface area contributed by atoms with E-state index in [2.05, 4.69) is 11.1 Å². The summed E-state index contributed by atoms with van der Waals surface area (Å²) in [5.74, 6) is -3.04. The number of anilines is 1. The predicted octanol–water partition coefficient (Wildman–Crippen LogP) is 2.27. The van der Waals surface area contributed by atoms with Gasteiger partial charge in [0.2, 0.25) is 0 Å². The summed E-state index contributed by atoms with van der Waals surface area (Å²) in [5.41, 5.74) is 2.35. The number of halogens is 2. The van der Waals surface area contributed by atoms with Gasteiger partial charge in [0.1, 0.15) is 11.9 Å². The first-order chi connectivity index (χ1) is 8.46. The van der Waals surface area contributed by atoms with E-state index < -0.39 is 17.8 Å². The van der Waals surface area contributed by atoms with Crippen molar-refractivity contribution in [2.45, 2.75) is 19.8 Å². The van der Waals surface area contributed by atoms with Gasteiger partial charge in [-0.2, -0.15) is 5.26 Å². The van der Waals surface area contributed by atoms with Crippen molar-refractivity contribution in [3.8, 4) is 6.07 Å². The normalized spacial score (nSPS) is 27.8. The van der Waals surface area contributed by atoms with Crippen LogP contribution in [0.15, 0.2) is 6.20 Å². The molecule has 2 aliphatic rings. The molecule has 18 heavy (non-hydrogen) atoms. The third-order valence-corrected chi connectivity index (χ3v) is 4.18. The van der Waals surface area contributed by atoms with Crippen molar-refractivity contribution < 1.29 is 8.78 Å². The van der Waals surface area contributed by atoms with E-state index in [1.54, 1.807) is 6.20 Å². The molecule has 1 saturated carbocycles. The number of piperidine rings is 1. The second-order valence-corrected chi connectivity index (χ2v) is 5.17. The van der Waals surface area contributed by atoms with Crippen molar-refractivity contribution in [3.05, 3.63) is 22.9 Å². The standard InChI is InChI=1S/C13H13F2N3/c1-7-4-17-12(9(3-16)8(7)2)18-5-10-11(6-18)13(10,14)15/h4,10-11H,5-6H2,1-2H3. The first-order valence-electron chi connectivity index (χ1n) is 5.96. The van der Waals surface area contributed by atoms with Crippen LogP contribution in [0, 0.1) is 37.0 Å². The Balaban J connectivity index is 1.92. The maximum absolute atomic E-state index is 13.1. The highest BCUT2D eigenvalue weighted by atomic mass is 19.3. The molecular weight excluding hydrogens is 236 g/mol. The fourth-order valence-corrected chi connectivity index (χ4v) is 2.74. The predicted molar refractivity (Wildman–Crippen MR) is 62.6 cm³/mol. The highest BCUT2D eigenvalue weighted by molar-refractivity contribution is 5.60. The fourth-order valence-electron chi connectivity index (χ4n) is 2.74. The van der Waals surface area contributed by atoms with Crippen LogP contribution in [0.1, 0.15) is 16.7 Å². The zero-order valence-electron chi connectivity index (χ0n) is 10.2. The number of nitrogens with zero attached hydrogens (tertiary/aromatic N) is 3. The number of aryl methyl sites for hydroxylation is 1. The Bertz CT molecular complexity index is 548. The summed E-state index contributed by atoms with van der Waals surface area (Å²) >= 11 is 0. The van der Waals surface area contributed by atoms with Gasteiger partial charge in [-0.1, -0.05) is 0 Å². The molecule has 1 aliphatic carbocycles. The Morgan fingerprint density at radius 3 is 2.56 bits per heavy atom. The van der Waals surface area contributed by atoms with E-state index in [-0.39, 0.29) is 0 Å². The van der Waals surface area contributed by atoms with Crippen LogP contribution in [-0.4, -0.2) is 24.0 Å². The quantitative estimate of drug-likeness (QED) is 0.766. The van der Waals surface area contributed by atoms with E-state index in [9.17, 15) is 14.0 Å². The summed E-state index contributed by atoms with van der Waals surface area (Å²) in [7, 11) is 0. The largest absolute Gasteiger partial charge is 0.354 e. The first-order valence-corrected chi connectivity index (χ1v) is 5.96. The minimum Gasteiger partial charge on any atom is -0.354 e. The smallest absolute Gasteiger partial charge is 0.258 e. The van der Waals surface area contributed by atoms with Crippen LogP contribution in [0.5, 0.6) is 0 Å². The van der Waals surface area contributed by atoms with Crippen LogP contribution < -0.4 is 4.90 Å². The van der Waals surface area contributed by atoms with Gasteiger partial charge in [-0.05, 0) is 25.0 Å². The molecule has 0 N–H and O–H groups in total. The molecule has 1 aromatic rings. The zero-order valence-corrected chi connectivity index (χ0v) is 10.2. The van der Waals surface area contributed by atoms with Crippen molar-refractivity contribution in [3.63, 3.8) is 0 Å². The molecule has 1 aromatic heterocycles. The number of nitriles is 1. The van der Waals surface area contributed by atoms with Crippen LogP contribution >= 0.6 is 0 Å². The van der Waals surface area contributed by atoms with Crippen LogP contribution in [0.2, 0.25) is 0 Å². The Morgan fingerprint density at radius 2 is 2.00 bits per heavy atom. The summed E-state index contributed by atoms with van der Waals surface area (Å²) in [6, 6.07) is 2.14. The Kier molecular flexibility index (Phi) is 2.16. The van der Waals surface area contributed by atoms with Gasteiger partial charge in [-0.15, -0.1) is 0 Å². The summed E-state index contributed by atoms with van der Waals surface area (Å²) < 4.78 is 26.3. The maximum Gasteiger partial charge on any atom is 0.258 e. The first kappa shape index (κ1) is 11.4. The number of pyridine rings is 1. The Hall–Kier alpha value is -1.70. The molecule has 5 heteroatoms. The number of hydrogen-bond acceptors (Lipinski definition) is 3. The molecule has 3 nitrogen and oxygen atoms in total. The van der Waals surface area contributed by atoms with Crippen molar-refractivity contribution in [2.24, 2.45) is 11.8 Å². The number of alkyl halides is 2. The Labute approximate surface area is 104 Å². The maximum atomic E-state index is 13.1. The Morgan fingerprint density at radius 1 is 1.39 bits per heavy atom. The molecule has 1 saturated heterocycles. The molecule has 0 spiro atoms. The summed E-state index contributed by atoms with van der Waals surface area (Å²) in [6.45, 7) is 4.37. The minimum atomic E-state index is -2.50. The molecule has 2 atom stereocenters. The lowest BCUT2D eigenvalue weighted by Crippen LogP contribution is -2.29. The second kappa shape index (κ2) is 3.41. The number of fused-ring (bicyclic) bond motifs is 1. The molecule has 2 fully saturated rings. The van der Waals surface area contributed by atoms with Gasteiger partial charge in [0.15, 0.2) is 0 Å². The van der Waals surface area contributed by atoms with E-state index in [0.717, 1.165) is 11.1 Å². The van der Waals surface area contributed by atoms with Crippen molar-refractivity contribution in [2.75, 3.05) is 18.0 Å². The molecule has 3 rings (SSSR count). The average molecular weight is 249 g/mol. The number of rotatable bonds is 1. The zero-order chi connectivity index (χ0) is 13.1. The summed E-state index contributed by atoms with van der Waals surface area (Å²) in [4.78, 5) is 6.07. The van der Waals surface area contributed by atoms with Gasteiger partial charge in [-0.25, -0.2) is 13.8 Å². The topological polar surface area (TPSA) is 39.9 Å². The highest BCUT2D eigenvalue weighted by Crippen LogP contribution is 2.59. The van der Waals surface area contributed by atoms with Gasteiger partial charge in [0, 0.05) is 19.3 Å². The van der Waals surface area contributed by atoms with Gasteiger partial charge >= 0.3 is 0 Å². The van der Waals surface area contributed by atoms with E-state index in [1.807, 2.05) is 18.7 Å². The molecule has 94 valence electrons. The molecule has 1 aliphatic heterocycles. The molecule has 0 radical (unpaired) electrons. The lowest BCUT2D eigenvalue weighted by molar-refractivity contribution is 0.0797. The number of aromatic nitrogens is 1. The third kappa shape index (κ3) is 1.35. The number of hydrogen-bond donors (Lipinski definition) is 0. The van der Waals surface area contributed by atoms with Gasteiger partial charge in [0.05, 0.1) is 17.4 Å². The molecule has 2 heterocycles.